The third kappa shape index (κ3) is 3.94. The van der Waals surface area contributed by atoms with Crippen LogP contribution in [0.3, 0.4) is 0 Å². The molecule has 0 fully saturated rings. The van der Waals surface area contributed by atoms with Crippen molar-refractivity contribution < 1.29 is 17.5 Å². The predicted octanol–water partition coefficient (Wildman–Crippen LogP) is 3.78. The SMILES string of the molecule is COc1ccc(S(=O)(=O)N(C)Cc2cccc(F)c2)cc1C(C)C. The molecule has 2 aromatic rings. The number of halogens is 1. The van der Waals surface area contributed by atoms with Gasteiger partial charge in [0, 0.05) is 13.6 Å². The highest BCUT2D eigenvalue weighted by molar-refractivity contribution is 7.89. The van der Waals surface area contributed by atoms with Gasteiger partial charge in [-0.3, -0.25) is 0 Å². The minimum Gasteiger partial charge on any atom is -0.496 e. The third-order valence-electron chi connectivity index (χ3n) is 3.83. The van der Waals surface area contributed by atoms with Crippen LogP contribution < -0.4 is 4.74 Å². The van der Waals surface area contributed by atoms with Crippen molar-refractivity contribution in [2.45, 2.75) is 31.2 Å². The van der Waals surface area contributed by atoms with Crippen LogP contribution in [-0.4, -0.2) is 26.9 Å². The van der Waals surface area contributed by atoms with Gasteiger partial charge in [-0.15, -0.1) is 0 Å². The van der Waals surface area contributed by atoms with Gasteiger partial charge in [0.1, 0.15) is 11.6 Å². The Morgan fingerprint density at radius 2 is 1.88 bits per heavy atom. The quantitative estimate of drug-likeness (QED) is 0.796. The maximum absolute atomic E-state index is 13.3. The molecule has 4 nitrogen and oxygen atoms in total. The molecule has 0 bridgehead atoms. The van der Waals surface area contributed by atoms with Gasteiger partial charge in [0.05, 0.1) is 12.0 Å². The maximum atomic E-state index is 13.3. The first-order valence-corrected chi connectivity index (χ1v) is 9.08. The molecule has 24 heavy (non-hydrogen) atoms. The molecular weight excluding hydrogens is 329 g/mol. The van der Waals surface area contributed by atoms with E-state index in [1.54, 1.807) is 31.4 Å². The Bertz CT molecular complexity index is 819. The third-order valence-corrected chi connectivity index (χ3v) is 5.63. The van der Waals surface area contributed by atoms with Crippen LogP contribution in [0.25, 0.3) is 0 Å². The number of hydrogen-bond acceptors (Lipinski definition) is 3. The van der Waals surface area contributed by atoms with Gasteiger partial charge in [-0.2, -0.15) is 4.31 Å². The molecule has 0 spiro atoms. The predicted molar refractivity (Wildman–Crippen MR) is 92.1 cm³/mol. The molecule has 0 heterocycles. The molecule has 0 N–H and O–H groups in total. The lowest BCUT2D eigenvalue weighted by molar-refractivity contribution is 0.406. The van der Waals surface area contributed by atoms with Crippen LogP contribution in [0.4, 0.5) is 4.39 Å². The fraction of sp³-hybridized carbons (Fsp3) is 0.333. The summed E-state index contributed by atoms with van der Waals surface area (Å²) < 4.78 is 45.4. The Kier molecular flexibility index (Phi) is 5.62. The zero-order valence-corrected chi connectivity index (χ0v) is 15.1. The number of nitrogens with zero attached hydrogens (tertiary/aromatic N) is 1. The molecule has 2 rings (SSSR count). The van der Waals surface area contributed by atoms with Crippen molar-refractivity contribution in [3.63, 3.8) is 0 Å². The second-order valence-corrected chi connectivity index (χ2v) is 7.99. The van der Waals surface area contributed by atoms with E-state index in [1.807, 2.05) is 13.8 Å². The van der Waals surface area contributed by atoms with Gasteiger partial charge >= 0.3 is 0 Å². The van der Waals surface area contributed by atoms with Crippen molar-refractivity contribution >= 4 is 10.0 Å². The first-order valence-electron chi connectivity index (χ1n) is 7.64. The lowest BCUT2D eigenvalue weighted by Gasteiger charge is -2.19. The molecule has 130 valence electrons. The zero-order chi connectivity index (χ0) is 17.9. The molecular formula is C18H22FNO3S. The molecule has 2 aromatic carbocycles. The van der Waals surface area contributed by atoms with Crippen LogP contribution in [0.15, 0.2) is 47.4 Å². The van der Waals surface area contributed by atoms with Crippen molar-refractivity contribution in [3.8, 4) is 5.75 Å². The van der Waals surface area contributed by atoms with Crippen LogP contribution in [-0.2, 0) is 16.6 Å². The van der Waals surface area contributed by atoms with Gasteiger partial charge in [-0.25, -0.2) is 12.8 Å². The van der Waals surface area contributed by atoms with E-state index in [4.69, 9.17) is 4.74 Å². The number of sulfonamides is 1. The van der Waals surface area contributed by atoms with Crippen LogP contribution in [0.5, 0.6) is 5.75 Å². The Balaban J connectivity index is 2.34. The topological polar surface area (TPSA) is 46.6 Å². The van der Waals surface area contributed by atoms with Gasteiger partial charge in [0.2, 0.25) is 10.0 Å². The zero-order valence-electron chi connectivity index (χ0n) is 14.3. The molecule has 0 unspecified atom stereocenters. The number of benzene rings is 2. The van der Waals surface area contributed by atoms with Gasteiger partial charge in [-0.1, -0.05) is 26.0 Å². The second-order valence-electron chi connectivity index (χ2n) is 5.95. The Labute approximate surface area is 142 Å². The molecule has 6 heteroatoms. The summed E-state index contributed by atoms with van der Waals surface area (Å²) in [4.78, 5) is 0.200. The van der Waals surface area contributed by atoms with E-state index < -0.39 is 10.0 Å². The molecule has 0 aromatic heterocycles. The average molecular weight is 351 g/mol. The van der Waals surface area contributed by atoms with Crippen molar-refractivity contribution in [2.75, 3.05) is 14.2 Å². The fourth-order valence-corrected chi connectivity index (χ4v) is 3.68. The first kappa shape index (κ1) is 18.4. The number of rotatable bonds is 6. The van der Waals surface area contributed by atoms with Crippen LogP contribution >= 0.6 is 0 Å². The summed E-state index contributed by atoms with van der Waals surface area (Å²) in [6, 6.07) is 10.8. The number of methoxy groups -OCH3 is 1. The highest BCUT2D eigenvalue weighted by Gasteiger charge is 2.23. The maximum Gasteiger partial charge on any atom is 0.243 e. The minimum atomic E-state index is -3.68. The highest BCUT2D eigenvalue weighted by Crippen LogP contribution is 2.30. The molecule has 0 aliphatic rings. The lowest BCUT2D eigenvalue weighted by atomic mass is 10.0. The van der Waals surface area contributed by atoms with Crippen LogP contribution in [0.2, 0.25) is 0 Å². The average Bonchev–Trinajstić information content (AvgIpc) is 2.54. The summed E-state index contributed by atoms with van der Waals surface area (Å²) in [6.07, 6.45) is 0. The Morgan fingerprint density at radius 3 is 2.46 bits per heavy atom. The van der Waals surface area contributed by atoms with Crippen molar-refractivity contribution in [1.29, 1.82) is 0 Å². The second kappa shape index (κ2) is 7.32. The van der Waals surface area contributed by atoms with E-state index in [-0.39, 0.29) is 23.2 Å². The van der Waals surface area contributed by atoms with Crippen molar-refractivity contribution in [2.24, 2.45) is 0 Å². The molecule has 0 saturated heterocycles. The van der Waals surface area contributed by atoms with E-state index in [0.29, 0.717) is 11.3 Å². The van der Waals surface area contributed by atoms with E-state index in [9.17, 15) is 12.8 Å². The van der Waals surface area contributed by atoms with E-state index >= 15 is 0 Å². The summed E-state index contributed by atoms with van der Waals surface area (Å²) in [5.41, 5.74) is 1.43. The minimum absolute atomic E-state index is 0.100. The molecule has 0 radical (unpaired) electrons. The molecule has 0 saturated carbocycles. The van der Waals surface area contributed by atoms with E-state index in [1.165, 1.54) is 29.6 Å². The van der Waals surface area contributed by atoms with E-state index in [0.717, 1.165) is 5.56 Å². The smallest absolute Gasteiger partial charge is 0.243 e. The Morgan fingerprint density at radius 1 is 1.17 bits per heavy atom. The summed E-state index contributed by atoms with van der Waals surface area (Å²) in [5.74, 6) is 0.408. The molecule has 0 aliphatic carbocycles. The standard InChI is InChI=1S/C18H22FNO3S/c1-13(2)17-11-16(8-9-18(17)23-4)24(21,22)20(3)12-14-6-5-7-15(19)10-14/h5-11,13H,12H2,1-4H3. The summed E-state index contributed by atoms with van der Waals surface area (Å²) in [7, 11) is -0.629. The first-order chi connectivity index (χ1) is 11.3. The summed E-state index contributed by atoms with van der Waals surface area (Å²) in [6.45, 7) is 4.05. The summed E-state index contributed by atoms with van der Waals surface area (Å²) in [5, 5.41) is 0. The monoisotopic (exact) mass is 351 g/mol. The number of hydrogen-bond donors (Lipinski definition) is 0. The van der Waals surface area contributed by atoms with Gasteiger partial charge in [0.25, 0.3) is 0 Å². The lowest BCUT2D eigenvalue weighted by Crippen LogP contribution is -2.26. The number of ether oxygens (including phenoxy) is 1. The molecule has 0 atom stereocenters. The fourth-order valence-electron chi connectivity index (χ4n) is 2.48. The van der Waals surface area contributed by atoms with Gasteiger partial charge in [-0.05, 0) is 47.4 Å². The largest absolute Gasteiger partial charge is 0.496 e. The van der Waals surface area contributed by atoms with Gasteiger partial charge < -0.3 is 4.74 Å². The van der Waals surface area contributed by atoms with Crippen LogP contribution in [0, 0.1) is 5.82 Å². The molecule has 0 aliphatic heterocycles. The van der Waals surface area contributed by atoms with Crippen molar-refractivity contribution in [3.05, 3.63) is 59.4 Å². The van der Waals surface area contributed by atoms with Gasteiger partial charge in [0.15, 0.2) is 0 Å². The van der Waals surface area contributed by atoms with E-state index in [2.05, 4.69) is 0 Å². The van der Waals surface area contributed by atoms with Crippen molar-refractivity contribution in [1.82, 2.24) is 4.31 Å². The molecule has 0 amide bonds. The Hall–Kier alpha value is -1.92. The highest BCUT2D eigenvalue weighted by atomic mass is 32.2. The van der Waals surface area contributed by atoms with Crippen LogP contribution in [0.1, 0.15) is 30.9 Å². The normalized spacial score (nSPS) is 12.0. The summed E-state index contributed by atoms with van der Waals surface area (Å²) >= 11 is 0.